The van der Waals surface area contributed by atoms with Crippen LogP contribution in [0.25, 0.3) is 10.9 Å². The van der Waals surface area contributed by atoms with Gasteiger partial charge in [0.1, 0.15) is 17.5 Å². The van der Waals surface area contributed by atoms with Crippen LogP contribution >= 0.6 is 11.6 Å². The molecule has 0 bridgehead atoms. The van der Waals surface area contributed by atoms with Crippen LogP contribution in [0.4, 0.5) is 13.2 Å². The molecule has 0 spiro atoms. The fraction of sp³-hybridized carbons (Fsp3) is 0.312. The number of hydrogen-bond donors (Lipinski definition) is 2. The van der Waals surface area contributed by atoms with Gasteiger partial charge in [-0.3, -0.25) is 10.1 Å². The second-order valence-electron chi connectivity index (χ2n) is 5.82. The first-order valence-corrected chi connectivity index (χ1v) is 8.00. The molecule has 0 radical (unpaired) electrons. The van der Waals surface area contributed by atoms with Gasteiger partial charge in [-0.2, -0.15) is 0 Å². The highest BCUT2D eigenvalue weighted by molar-refractivity contribution is 6.36. The van der Waals surface area contributed by atoms with Crippen molar-refractivity contribution in [3.8, 4) is 5.75 Å². The van der Waals surface area contributed by atoms with Gasteiger partial charge in [0.15, 0.2) is 0 Å². The van der Waals surface area contributed by atoms with Crippen molar-refractivity contribution >= 4 is 22.5 Å². The molecule has 0 aliphatic heterocycles. The highest BCUT2D eigenvalue weighted by Crippen LogP contribution is 2.35. The fourth-order valence-corrected chi connectivity index (χ4v) is 2.86. The van der Waals surface area contributed by atoms with Crippen molar-refractivity contribution in [1.82, 2.24) is 20.4 Å². The number of aliphatic hydroxyl groups excluding tert-OH is 1. The zero-order chi connectivity index (χ0) is 18.9. The predicted octanol–water partition coefficient (Wildman–Crippen LogP) is 3.82. The molecule has 0 fully saturated rings. The standard InChI is InChI=1S/C16H14ClF3N4O2/c1-8(15(25)12-7-21-24-23-12)6-9-2-3-10-11(22-9)4-5-13(14(10)17)26-16(18,19)20/h2-5,7-8,15,25H,6H2,1H3,(H,21,23,24). The number of nitrogens with one attached hydrogen (secondary N) is 1. The number of ether oxygens (including phenoxy) is 1. The zero-order valence-electron chi connectivity index (χ0n) is 13.5. The van der Waals surface area contributed by atoms with Crippen molar-refractivity contribution in [3.05, 3.63) is 46.9 Å². The maximum absolute atomic E-state index is 12.4. The Balaban J connectivity index is 1.82. The average molecular weight is 387 g/mol. The number of hydrogen-bond acceptors (Lipinski definition) is 5. The molecule has 2 atom stereocenters. The number of halogens is 4. The largest absolute Gasteiger partial charge is 0.573 e. The topological polar surface area (TPSA) is 83.9 Å². The third-order valence-electron chi connectivity index (χ3n) is 3.86. The number of aromatic amines is 1. The Morgan fingerprint density at radius 2 is 2.04 bits per heavy atom. The van der Waals surface area contributed by atoms with Crippen LogP contribution in [0.3, 0.4) is 0 Å². The monoisotopic (exact) mass is 386 g/mol. The Labute approximate surface area is 151 Å². The summed E-state index contributed by atoms with van der Waals surface area (Å²) < 4.78 is 41.1. The van der Waals surface area contributed by atoms with Gasteiger partial charge < -0.3 is 9.84 Å². The first-order valence-electron chi connectivity index (χ1n) is 7.63. The summed E-state index contributed by atoms with van der Waals surface area (Å²) in [6.07, 6.45) is -3.70. The number of aromatic nitrogens is 4. The van der Waals surface area contributed by atoms with Gasteiger partial charge in [0, 0.05) is 17.3 Å². The lowest BCUT2D eigenvalue weighted by Gasteiger charge is -2.16. The minimum atomic E-state index is -4.82. The summed E-state index contributed by atoms with van der Waals surface area (Å²) in [7, 11) is 0. The van der Waals surface area contributed by atoms with Gasteiger partial charge in [0.25, 0.3) is 0 Å². The van der Waals surface area contributed by atoms with Crippen LogP contribution < -0.4 is 4.74 Å². The fourth-order valence-electron chi connectivity index (χ4n) is 2.60. The molecule has 2 N–H and O–H groups in total. The Morgan fingerprint density at radius 3 is 2.69 bits per heavy atom. The number of H-pyrrole nitrogens is 1. The summed E-state index contributed by atoms with van der Waals surface area (Å²) >= 11 is 6.00. The van der Waals surface area contributed by atoms with Crippen LogP contribution in [0.1, 0.15) is 24.4 Å². The van der Waals surface area contributed by atoms with Crippen LogP contribution in [0.5, 0.6) is 5.75 Å². The molecule has 0 saturated carbocycles. The number of benzene rings is 1. The summed E-state index contributed by atoms with van der Waals surface area (Å²) in [5.41, 5.74) is 1.52. The highest BCUT2D eigenvalue weighted by Gasteiger charge is 2.32. The van der Waals surface area contributed by atoms with Gasteiger partial charge in [-0.1, -0.05) is 23.7 Å². The molecular formula is C16H14ClF3N4O2. The van der Waals surface area contributed by atoms with E-state index in [4.69, 9.17) is 11.6 Å². The average Bonchev–Trinajstić information content (AvgIpc) is 3.10. The highest BCUT2D eigenvalue weighted by atomic mass is 35.5. The predicted molar refractivity (Wildman–Crippen MR) is 87.6 cm³/mol. The van der Waals surface area contributed by atoms with Crippen LogP contribution in [0.2, 0.25) is 5.02 Å². The number of aliphatic hydroxyl groups is 1. The van der Waals surface area contributed by atoms with E-state index < -0.39 is 18.2 Å². The van der Waals surface area contributed by atoms with Crippen LogP contribution in [-0.4, -0.2) is 31.9 Å². The van der Waals surface area contributed by atoms with Crippen molar-refractivity contribution in [2.24, 2.45) is 5.92 Å². The minimum Gasteiger partial charge on any atom is -0.404 e. The second kappa shape index (κ2) is 7.08. The number of alkyl halides is 3. The first-order chi connectivity index (χ1) is 12.2. The zero-order valence-corrected chi connectivity index (χ0v) is 14.2. The summed E-state index contributed by atoms with van der Waals surface area (Å²) in [6.45, 7) is 1.83. The SMILES string of the molecule is CC(Cc1ccc2c(Cl)c(OC(F)(F)F)ccc2n1)C(O)c1c[nH]nn1. The number of nitrogens with zero attached hydrogens (tertiary/aromatic N) is 3. The van der Waals surface area contributed by atoms with Gasteiger partial charge in [0.05, 0.1) is 10.5 Å². The van der Waals surface area contributed by atoms with E-state index in [9.17, 15) is 18.3 Å². The van der Waals surface area contributed by atoms with Gasteiger partial charge in [0.2, 0.25) is 0 Å². The van der Waals surface area contributed by atoms with E-state index in [1.165, 1.54) is 12.3 Å². The number of fused-ring (bicyclic) bond motifs is 1. The molecule has 0 amide bonds. The maximum Gasteiger partial charge on any atom is 0.573 e. The van der Waals surface area contributed by atoms with E-state index in [1.807, 2.05) is 6.92 Å². The van der Waals surface area contributed by atoms with E-state index in [2.05, 4.69) is 25.1 Å². The molecule has 3 aromatic rings. The normalized spacial score (nSPS) is 14.4. The van der Waals surface area contributed by atoms with Crippen molar-refractivity contribution in [3.63, 3.8) is 0 Å². The van der Waals surface area contributed by atoms with Gasteiger partial charge in [-0.05, 0) is 36.6 Å². The van der Waals surface area contributed by atoms with E-state index in [0.29, 0.717) is 28.7 Å². The minimum absolute atomic E-state index is 0.158. The van der Waals surface area contributed by atoms with Crippen molar-refractivity contribution in [2.75, 3.05) is 0 Å². The van der Waals surface area contributed by atoms with E-state index >= 15 is 0 Å². The summed E-state index contributed by atoms with van der Waals surface area (Å²) in [6, 6.07) is 5.77. The molecule has 0 aliphatic carbocycles. The third kappa shape index (κ3) is 4.05. The molecule has 6 nitrogen and oxygen atoms in total. The molecule has 1 aromatic carbocycles. The first kappa shape index (κ1) is 18.4. The van der Waals surface area contributed by atoms with E-state index in [0.717, 1.165) is 6.07 Å². The van der Waals surface area contributed by atoms with Crippen molar-refractivity contribution < 1.29 is 23.0 Å². The molecule has 3 rings (SSSR count). The molecule has 2 aromatic heterocycles. The van der Waals surface area contributed by atoms with Crippen LogP contribution in [0.15, 0.2) is 30.5 Å². The molecule has 0 saturated heterocycles. The van der Waals surface area contributed by atoms with Crippen molar-refractivity contribution in [2.45, 2.75) is 25.8 Å². The quantitative estimate of drug-likeness (QED) is 0.696. The molecular weight excluding hydrogens is 373 g/mol. The Hall–Kier alpha value is -2.39. The maximum atomic E-state index is 12.4. The summed E-state index contributed by atoms with van der Waals surface area (Å²) in [5, 5.41) is 20.3. The molecule has 10 heteroatoms. The van der Waals surface area contributed by atoms with E-state index in [-0.39, 0.29) is 10.9 Å². The number of rotatable bonds is 5. The number of pyridine rings is 1. The Kier molecular flexibility index (Phi) is 5.01. The lowest BCUT2D eigenvalue weighted by Crippen LogP contribution is -2.17. The van der Waals surface area contributed by atoms with Gasteiger partial charge in [-0.15, -0.1) is 18.3 Å². The second-order valence-corrected chi connectivity index (χ2v) is 6.20. The van der Waals surface area contributed by atoms with Gasteiger partial charge >= 0.3 is 6.36 Å². The van der Waals surface area contributed by atoms with Crippen LogP contribution in [0, 0.1) is 5.92 Å². The van der Waals surface area contributed by atoms with Gasteiger partial charge in [-0.25, -0.2) is 0 Å². The summed E-state index contributed by atoms with van der Waals surface area (Å²) in [5.74, 6) is -0.676. The molecule has 2 heterocycles. The van der Waals surface area contributed by atoms with Crippen molar-refractivity contribution in [1.29, 1.82) is 0 Å². The molecule has 138 valence electrons. The third-order valence-corrected chi connectivity index (χ3v) is 4.25. The lowest BCUT2D eigenvalue weighted by atomic mass is 9.96. The Morgan fingerprint density at radius 1 is 1.27 bits per heavy atom. The molecule has 0 aliphatic rings. The smallest absolute Gasteiger partial charge is 0.404 e. The van der Waals surface area contributed by atoms with Crippen LogP contribution in [-0.2, 0) is 6.42 Å². The lowest BCUT2D eigenvalue weighted by molar-refractivity contribution is -0.274. The Bertz CT molecular complexity index is 902. The molecule has 26 heavy (non-hydrogen) atoms. The summed E-state index contributed by atoms with van der Waals surface area (Å²) in [4.78, 5) is 4.40. The van der Waals surface area contributed by atoms with E-state index in [1.54, 1.807) is 12.1 Å². The molecule has 2 unspecified atom stereocenters.